The summed E-state index contributed by atoms with van der Waals surface area (Å²) in [6.07, 6.45) is 0. The van der Waals surface area contributed by atoms with E-state index >= 15 is 0 Å². The summed E-state index contributed by atoms with van der Waals surface area (Å²) in [6, 6.07) is 1.46. The van der Waals surface area contributed by atoms with Crippen LogP contribution in [-0.2, 0) is 0 Å². The van der Waals surface area contributed by atoms with E-state index in [-0.39, 0.29) is 23.4 Å². The van der Waals surface area contributed by atoms with Gasteiger partial charge in [-0.05, 0) is 6.07 Å². The Hall–Kier alpha value is -0.380. The number of nitrogens with two attached hydrogens (primary N) is 2. The summed E-state index contributed by atoms with van der Waals surface area (Å²) >= 11 is 11.1. The van der Waals surface area contributed by atoms with Crippen molar-refractivity contribution in [3.8, 4) is 0 Å². The first kappa shape index (κ1) is 10.6. The molecule has 0 atom stereocenters. The van der Waals surface area contributed by atoms with E-state index in [1.807, 2.05) is 0 Å². The van der Waals surface area contributed by atoms with E-state index in [1.165, 1.54) is 6.07 Å². The van der Waals surface area contributed by atoms with Gasteiger partial charge in [0.05, 0.1) is 10.7 Å². The van der Waals surface area contributed by atoms with Crippen LogP contribution in [0.5, 0.6) is 0 Å². The van der Waals surface area contributed by atoms with Gasteiger partial charge in [-0.1, -0.05) is 23.2 Å². The largest absolute Gasteiger partial charge is 0.396 e. The van der Waals surface area contributed by atoms with E-state index in [9.17, 15) is 0 Å². The van der Waals surface area contributed by atoms with Gasteiger partial charge in [0.2, 0.25) is 0 Å². The Labute approximate surface area is 80.1 Å². The van der Waals surface area contributed by atoms with Gasteiger partial charge in [-0.2, -0.15) is 0 Å². The Morgan fingerprint density at radius 1 is 1.27 bits per heavy atom. The fourth-order valence-electron chi connectivity index (χ4n) is 0.494. The number of anilines is 2. The van der Waals surface area contributed by atoms with Crippen LogP contribution in [0.25, 0.3) is 0 Å². The molecule has 0 amide bonds. The molecule has 1 aromatic heterocycles. The van der Waals surface area contributed by atoms with Gasteiger partial charge in [-0.25, -0.2) is 4.98 Å². The van der Waals surface area contributed by atoms with Crippen LogP contribution in [0, 0.1) is 0 Å². The summed E-state index contributed by atoms with van der Waals surface area (Å²) < 4.78 is 0. The summed E-state index contributed by atoms with van der Waals surface area (Å²) in [6.45, 7) is 0. The molecule has 0 unspecified atom stereocenters. The monoisotopic (exact) mass is 213 g/mol. The normalized spacial score (nSPS) is 8.91. The summed E-state index contributed by atoms with van der Waals surface area (Å²) in [4.78, 5) is 3.66. The standard InChI is InChI=1S/C5H5Cl2N3.ClH/c6-2-1-3(8)5(9)10-4(2)7;/h1H,8H2,(H2,9,10);1H. The SMILES string of the molecule is Cl.Nc1cc(Cl)c(Cl)nc1N. The number of aromatic nitrogens is 1. The van der Waals surface area contributed by atoms with E-state index in [0.717, 1.165) is 0 Å². The van der Waals surface area contributed by atoms with Gasteiger partial charge >= 0.3 is 0 Å². The molecule has 0 aliphatic carbocycles. The average Bonchev–Trinajstić information content (AvgIpc) is 1.84. The van der Waals surface area contributed by atoms with Crippen molar-refractivity contribution in [2.24, 2.45) is 0 Å². The Bertz CT molecular complexity index is 213. The van der Waals surface area contributed by atoms with E-state index in [1.54, 1.807) is 0 Å². The van der Waals surface area contributed by atoms with Crippen LogP contribution in [-0.4, -0.2) is 4.98 Å². The molecule has 0 fully saturated rings. The molecule has 1 heterocycles. The number of hydrogen-bond acceptors (Lipinski definition) is 3. The maximum atomic E-state index is 5.56. The minimum Gasteiger partial charge on any atom is -0.396 e. The van der Waals surface area contributed by atoms with Gasteiger partial charge in [0.15, 0.2) is 0 Å². The first-order valence-electron chi connectivity index (χ1n) is 2.48. The van der Waals surface area contributed by atoms with Crippen molar-refractivity contribution in [2.75, 3.05) is 11.5 Å². The number of nitrogen functional groups attached to an aromatic ring is 2. The van der Waals surface area contributed by atoms with Crippen molar-refractivity contribution in [3.63, 3.8) is 0 Å². The molecule has 1 rings (SSSR count). The van der Waals surface area contributed by atoms with E-state index < -0.39 is 0 Å². The van der Waals surface area contributed by atoms with Crippen molar-refractivity contribution in [1.29, 1.82) is 0 Å². The van der Waals surface area contributed by atoms with Crippen molar-refractivity contribution < 1.29 is 0 Å². The second-order valence-electron chi connectivity index (χ2n) is 1.74. The number of hydrogen-bond donors (Lipinski definition) is 2. The summed E-state index contributed by atoms with van der Waals surface area (Å²) in [5.41, 5.74) is 11.0. The Balaban J connectivity index is 0.000001000. The zero-order chi connectivity index (χ0) is 7.72. The molecule has 6 heteroatoms. The van der Waals surface area contributed by atoms with Crippen molar-refractivity contribution in [2.45, 2.75) is 0 Å². The molecule has 0 saturated carbocycles. The maximum absolute atomic E-state index is 5.56. The third kappa shape index (κ3) is 2.29. The molecule has 0 radical (unpaired) electrons. The molecule has 62 valence electrons. The van der Waals surface area contributed by atoms with Gasteiger partial charge in [0, 0.05) is 0 Å². The number of nitrogens with zero attached hydrogens (tertiary/aromatic N) is 1. The molecule has 3 nitrogen and oxygen atoms in total. The van der Waals surface area contributed by atoms with Gasteiger partial charge in [0.1, 0.15) is 11.0 Å². The third-order valence-electron chi connectivity index (χ3n) is 0.994. The minimum absolute atomic E-state index is 0. The quantitative estimate of drug-likeness (QED) is 0.649. The number of rotatable bonds is 0. The molecule has 0 bridgehead atoms. The maximum Gasteiger partial charge on any atom is 0.150 e. The summed E-state index contributed by atoms with van der Waals surface area (Å²) in [5.74, 6) is 0.203. The van der Waals surface area contributed by atoms with Crippen LogP contribution in [0.15, 0.2) is 6.07 Å². The molecular formula is C5H6Cl3N3. The van der Waals surface area contributed by atoms with E-state index in [4.69, 9.17) is 34.7 Å². The number of halogens is 3. The summed E-state index contributed by atoms with van der Waals surface area (Å²) in [5, 5.41) is 0.488. The third-order valence-corrected chi connectivity index (χ3v) is 1.67. The molecule has 0 aromatic carbocycles. The molecule has 1 aromatic rings. The molecule has 4 N–H and O–H groups in total. The van der Waals surface area contributed by atoms with Gasteiger partial charge in [0.25, 0.3) is 0 Å². The lowest BCUT2D eigenvalue weighted by atomic mass is 10.4. The fourth-order valence-corrected chi connectivity index (χ4v) is 0.799. The second-order valence-corrected chi connectivity index (χ2v) is 2.50. The Kier molecular flexibility index (Phi) is 3.72. The van der Waals surface area contributed by atoms with E-state index in [2.05, 4.69) is 4.98 Å². The van der Waals surface area contributed by atoms with Crippen molar-refractivity contribution >= 4 is 47.1 Å². The van der Waals surface area contributed by atoms with Crippen LogP contribution < -0.4 is 11.5 Å². The van der Waals surface area contributed by atoms with Crippen molar-refractivity contribution in [1.82, 2.24) is 4.98 Å². The molecule has 0 aliphatic rings. The zero-order valence-electron chi connectivity index (χ0n) is 5.34. The predicted octanol–water partition coefficient (Wildman–Crippen LogP) is 1.97. The molecule has 0 aliphatic heterocycles. The second kappa shape index (κ2) is 3.85. The molecule has 11 heavy (non-hydrogen) atoms. The van der Waals surface area contributed by atoms with Crippen LogP contribution in [0.2, 0.25) is 10.2 Å². The highest BCUT2D eigenvalue weighted by atomic mass is 35.5. The van der Waals surface area contributed by atoms with E-state index in [0.29, 0.717) is 10.7 Å². The molecule has 0 saturated heterocycles. The highest BCUT2D eigenvalue weighted by molar-refractivity contribution is 6.41. The Morgan fingerprint density at radius 2 is 1.82 bits per heavy atom. The van der Waals surface area contributed by atoms with Gasteiger partial charge < -0.3 is 11.5 Å². The lowest BCUT2D eigenvalue weighted by molar-refractivity contribution is 1.34. The first-order valence-corrected chi connectivity index (χ1v) is 3.24. The zero-order valence-corrected chi connectivity index (χ0v) is 7.67. The minimum atomic E-state index is 0. The molecular weight excluding hydrogens is 208 g/mol. The number of pyridine rings is 1. The lowest BCUT2D eigenvalue weighted by Gasteiger charge is -1.99. The fraction of sp³-hybridized carbons (Fsp3) is 0. The molecule has 0 spiro atoms. The highest BCUT2D eigenvalue weighted by Gasteiger charge is 2.02. The predicted molar refractivity (Wildman–Crippen MR) is 50.3 cm³/mol. The van der Waals surface area contributed by atoms with Crippen LogP contribution in [0.3, 0.4) is 0 Å². The Morgan fingerprint density at radius 3 is 2.27 bits per heavy atom. The first-order chi connectivity index (χ1) is 4.61. The van der Waals surface area contributed by atoms with Gasteiger partial charge in [-0.3, -0.25) is 0 Å². The van der Waals surface area contributed by atoms with Crippen LogP contribution in [0.1, 0.15) is 0 Å². The van der Waals surface area contributed by atoms with Crippen LogP contribution >= 0.6 is 35.6 Å². The smallest absolute Gasteiger partial charge is 0.150 e. The highest BCUT2D eigenvalue weighted by Crippen LogP contribution is 2.24. The van der Waals surface area contributed by atoms with Crippen LogP contribution in [0.4, 0.5) is 11.5 Å². The lowest BCUT2D eigenvalue weighted by Crippen LogP contribution is -1.97. The van der Waals surface area contributed by atoms with Crippen molar-refractivity contribution in [3.05, 3.63) is 16.2 Å². The summed E-state index contributed by atoms with van der Waals surface area (Å²) in [7, 11) is 0. The van der Waals surface area contributed by atoms with Gasteiger partial charge in [-0.15, -0.1) is 12.4 Å². The topological polar surface area (TPSA) is 64.9 Å². The average molecular weight is 214 g/mol.